The molecule has 1 atom stereocenters. The topological polar surface area (TPSA) is 21.8 Å². The van der Waals surface area contributed by atoms with Crippen LogP contribution < -0.4 is 0 Å². The van der Waals surface area contributed by atoms with E-state index in [1.807, 2.05) is 0 Å². The highest BCUT2D eigenvalue weighted by Crippen LogP contribution is 2.25. The van der Waals surface area contributed by atoms with Crippen LogP contribution in [0.4, 0.5) is 0 Å². The summed E-state index contributed by atoms with van der Waals surface area (Å²) in [6.07, 6.45) is 1.21. The van der Waals surface area contributed by atoms with Crippen molar-refractivity contribution in [2.24, 2.45) is 0 Å². The number of hydrogen-bond donors (Lipinski definition) is 0. The Morgan fingerprint density at radius 2 is 2.00 bits per heavy atom. The van der Waals surface area contributed by atoms with Crippen molar-refractivity contribution in [3.63, 3.8) is 0 Å². The average molecular weight is 202 g/mol. The fourth-order valence-corrected chi connectivity index (χ4v) is 2.40. The third-order valence-corrected chi connectivity index (χ3v) is 4.11. The number of hydrogen-bond acceptors (Lipinski definition) is 2. The van der Waals surface area contributed by atoms with Crippen LogP contribution >= 0.6 is 0 Å². The average Bonchev–Trinajstić information content (AvgIpc) is 2.65. The molecule has 0 aliphatic carbocycles. The predicted molar refractivity (Wildman–Crippen MR) is 57.9 cm³/mol. The van der Waals surface area contributed by atoms with Crippen LogP contribution in [0.25, 0.3) is 0 Å². The molecule has 1 unspecified atom stereocenters. The van der Waals surface area contributed by atoms with Crippen molar-refractivity contribution >= 4 is 8.07 Å². The van der Waals surface area contributed by atoms with E-state index >= 15 is 0 Å². The van der Waals surface area contributed by atoms with Gasteiger partial charge in [0.1, 0.15) is 5.60 Å². The first-order valence-electron chi connectivity index (χ1n) is 5.13. The van der Waals surface area contributed by atoms with Gasteiger partial charge in [0.25, 0.3) is 0 Å². The Bertz CT molecular complexity index is 152. The molecule has 0 spiro atoms. The molecule has 1 aliphatic rings. The fraction of sp³-hybridized carbons (Fsp3) is 1.00. The summed E-state index contributed by atoms with van der Waals surface area (Å²) in [4.78, 5) is 0. The highest BCUT2D eigenvalue weighted by Gasteiger charge is 2.39. The third kappa shape index (κ3) is 5.44. The van der Waals surface area contributed by atoms with E-state index in [0.29, 0.717) is 0 Å². The van der Waals surface area contributed by atoms with E-state index in [1.165, 1.54) is 12.5 Å². The maximum atomic E-state index is 5.55. The normalized spacial score (nSPS) is 27.7. The standard InChI is InChI=1S/C10H22O2Si/c1-10(9-12-10)8-11-6-5-7-13(2,3)4/h5-9H2,1-4H3. The van der Waals surface area contributed by atoms with Gasteiger partial charge < -0.3 is 9.47 Å². The van der Waals surface area contributed by atoms with Crippen molar-refractivity contribution in [3.05, 3.63) is 0 Å². The van der Waals surface area contributed by atoms with Crippen LogP contribution in [-0.2, 0) is 9.47 Å². The van der Waals surface area contributed by atoms with Crippen molar-refractivity contribution in [3.8, 4) is 0 Å². The summed E-state index contributed by atoms with van der Waals surface area (Å²) in [5.74, 6) is 0. The molecule has 1 saturated heterocycles. The summed E-state index contributed by atoms with van der Waals surface area (Å²) in [7, 11) is -0.849. The molecule has 13 heavy (non-hydrogen) atoms. The van der Waals surface area contributed by atoms with Crippen LogP contribution in [0.2, 0.25) is 25.7 Å². The Balaban J connectivity index is 1.90. The molecule has 1 heterocycles. The Kier molecular flexibility index (Phi) is 3.55. The molecule has 1 aliphatic heterocycles. The minimum Gasteiger partial charge on any atom is -0.378 e. The molecular weight excluding hydrogens is 180 g/mol. The minimum atomic E-state index is -0.849. The quantitative estimate of drug-likeness (QED) is 0.375. The predicted octanol–water partition coefficient (Wildman–Crippen LogP) is 2.52. The first-order chi connectivity index (χ1) is 5.91. The Labute approximate surface area is 82.6 Å². The number of rotatable bonds is 6. The second-order valence-electron chi connectivity index (χ2n) is 5.46. The summed E-state index contributed by atoms with van der Waals surface area (Å²) in [5, 5.41) is 0. The summed E-state index contributed by atoms with van der Waals surface area (Å²) >= 11 is 0. The van der Waals surface area contributed by atoms with E-state index in [-0.39, 0.29) is 5.60 Å². The van der Waals surface area contributed by atoms with Crippen molar-refractivity contribution in [1.82, 2.24) is 0 Å². The van der Waals surface area contributed by atoms with Crippen molar-refractivity contribution < 1.29 is 9.47 Å². The van der Waals surface area contributed by atoms with Gasteiger partial charge in [-0.25, -0.2) is 0 Å². The van der Waals surface area contributed by atoms with Gasteiger partial charge in [0, 0.05) is 14.7 Å². The van der Waals surface area contributed by atoms with Gasteiger partial charge in [-0.05, 0) is 13.3 Å². The van der Waals surface area contributed by atoms with Crippen LogP contribution in [0.5, 0.6) is 0 Å². The molecule has 2 nitrogen and oxygen atoms in total. The largest absolute Gasteiger partial charge is 0.378 e. The van der Waals surface area contributed by atoms with Crippen LogP contribution in [0.1, 0.15) is 13.3 Å². The minimum absolute atomic E-state index is 0.0686. The molecule has 3 heteroatoms. The van der Waals surface area contributed by atoms with Crippen molar-refractivity contribution in [2.45, 2.75) is 44.6 Å². The summed E-state index contributed by atoms with van der Waals surface area (Å²) in [6, 6.07) is 1.37. The fourth-order valence-electron chi connectivity index (χ4n) is 1.20. The van der Waals surface area contributed by atoms with Gasteiger partial charge >= 0.3 is 0 Å². The molecule has 0 aromatic heterocycles. The molecule has 1 fully saturated rings. The lowest BCUT2D eigenvalue weighted by Gasteiger charge is -2.15. The zero-order valence-corrected chi connectivity index (χ0v) is 10.4. The highest BCUT2D eigenvalue weighted by molar-refractivity contribution is 6.76. The van der Waals surface area contributed by atoms with Crippen LogP contribution in [0.15, 0.2) is 0 Å². The van der Waals surface area contributed by atoms with Crippen LogP contribution in [0.3, 0.4) is 0 Å². The zero-order chi connectivity index (χ0) is 9.95. The van der Waals surface area contributed by atoms with Crippen molar-refractivity contribution in [1.29, 1.82) is 0 Å². The molecule has 0 bridgehead atoms. The molecule has 0 aromatic rings. The second-order valence-corrected chi connectivity index (χ2v) is 11.1. The summed E-state index contributed by atoms with van der Waals surface area (Å²) in [6.45, 7) is 11.9. The van der Waals surface area contributed by atoms with E-state index < -0.39 is 8.07 Å². The van der Waals surface area contributed by atoms with E-state index in [4.69, 9.17) is 9.47 Å². The van der Waals surface area contributed by atoms with Crippen molar-refractivity contribution in [2.75, 3.05) is 19.8 Å². The second kappa shape index (κ2) is 4.11. The molecule has 0 amide bonds. The van der Waals surface area contributed by atoms with Gasteiger partial charge in [-0.3, -0.25) is 0 Å². The lowest BCUT2D eigenvalue weighted by Crippen LogP contribution is -2.20. The Hall–Kier alpha value is 0.137. The molecule has 0 saturated carbocycles. The van der Waals surface area contributed by atoms with E-state index in [9.17, 15) is 0 Å². The SMILES string of the molecule is CC1(COCCC[Si](C)(C)C)CO1. The highest BCUT2D eigenvalue weighted by atomic mass is 28.3. The van der Waals surface area contributed by atoms with Gasteiger partial charge in [-0.15, -0.1) is 0 Å². The van der Waals surface area contributed by atoms with Gasteiger partial charge in [0.2, 0.25) is 0 Å². The van der Waals surface area contributed by atoms with Gasteiger partial charge in [-0.1, -0.05) is 25.7 Å². The molecule has 0 radical (unpaired) electrons. The monoisotopic (exact) mass is 202 g/mol. The summed E-state index contributed by atoms with van der Waals surface area (Å²) in [5.41, 5.74) is 0.0686. The molecule has 78 valence electrons. The first-order valence-corrected chi connectivity index (χ1v) is 8.84. The zero-order valence-electron chi connectivity index (χ0n) is 9.35. The lowest BCUT2D eigenvalue weighted by atomic mass is 10.2. The number of epoxide rings is 1. The molecular formula is C10H22O2Si. The lowest BCUT2D eigenvalue weighted by molar-refractivity contribution is 0.0857. The van der Waals surface area contributed by atoms with Gasteiger partial charge in [0.05, 0.1) is 13.2 Å². The van der Waals surface area contributed by atoms with Gasteiger partial charge in [0.15, 0.2) is 0 Å². The first kappa shape index (κ1) is 11.2. The maximum absolute atomic E-state index is 5.55. The molecule has 0 N–H and O–H groups in total. The third-order valence-electron chi connectivity index (χ3n) is 2.26. The van der Waals surface area contributed by atoms with E-state index in [0.717, 1.165) is 19.8 Å². The smallest absolute Gasteiger partial charge is 0.112 e. The molecule has 0 aromatic carbocycles. The Morgan fingerprint density at radius 1 is 1.38 bits per heavy atom. The summed E-state index contributed by atoms with van der Waals surface area (Å²) < 4.78 is 10.8. The van der Waals surface area contributed by atoms with Crippen LogP contribution in [0, 0.1) is 0 Å². The maximum Gasteiger partial charge on any atom is 0.112 e. The van der Waals surface area contributed by atoms with Gasteiger partial charge in [-0.2, -0.15) is 0 Å². The van der Waals surface area contributed by atoms with Crippen LogP contribution in [-0.4, -0.2) is 33.5 Å². The Morgan fingerprint density at radius 3 is 2.46 bits per heavy atom. The molecule has 1 rings (SSSR count). The van der Waals surface area contributed by atoms with E-state index in [2.05, 4.69) is 26.6 Å². The van der Waals surface area contributed by atoms with E-state index in [1.54, 1.807) is 0 Å². The number of ether oxygens (including phenoxy) is 2.